The van der Waals surface area contributed by atoms with Gasteiger partial charge in [0.15, 0.2) is 0 Å². The molecule has 1 aliphatic heterocycles. The Balaban J connectivity index is 1.47. The van der Waals surface area contributed by atoms with E-state index in [1.54, 1.807) is 18.5 Å². The fourth-order valence-corrected chi connectivity index (χ4v) is 6.10. The third-order valence-electron chi connectivity index (χ3n) is 8.35. The highest BCUT2D eigenvalue weighted by atomic mass is 16.5. The van der Waals surface area contributed by atoms with Crippen LogP contribution in [0.3, 0.4) is 0 Å². The zero-order chi connectivity index (χ0) is 30.0. The summed E-state index contributed by atoms with van der Waals surface area (Å²) in [6, 6.07) is 9.02. The molecule has 5 N–H and O–H groups in total. The van der Waals surface area contributed by atoms with E-state index in [9.17, 15) is 9.90 Å². The predicted molar refractivity (Wildman–Crippen MR) is 166 cm³/mol. The lowest BCUT2D eigenvalue weighted by atomic mass is 9.81. The maximum atomic E-state index is 13.4. The lowest BCUT2D eigenvalue weighted by molar-refractivity contribution is -0.123. The number of hydrogen-bond donors (Lipinski definition) is 4. The summed E-state index contributed by atoms with van der Waals surface area (Å²) in [5, 5.41) is 18.1. The summed E-state index contributed by atoms with van der Waals surface area (Å²) in [6.45, 7) is 10.5. The minimum absolute atomic E-state index is 0.0455. The second kappa shape index (κ2) is 15.7. The Morgan fingerprint density at radius 2 is 1.86 bits per heavy atom. The number of aromatic nitrogens is 1. The van der Waals surface area contributed by atoms with Crippen molar-refractivity contribution >= 4 is 11.6 Å². The number of phenolic OH excluding ortho intramolecular Hbond substituents is 1. The molecule has 4 rings (SSSR count). The van der Waals surface area contributed by atoms with E-state index in [4.69, 9.17) is 15.2 Å². The molecule has 1 saturated carbocycles. The molecule has 2 heterocycles. The molecule has 2 fully saturated rings. The molecule has 2 aliphatic rings. The highest BCUT2D eigenvalue weighted by Gasteiger charge is 2.29. The van der Waals surface area contributed by atoms with Crippen molar-refractivity contribution in [2.45, 2.75) is 89.4 Å². The number of anilines is 1. The van der Waals surface area contributed by atoms with Crippen LogP contribution >= 0.6 is 0 Å². The number of pyridine rings is 1. The van der Waals surface area contributed by atoms with E-state index in [0.717, 1.165) is 56.8 Å². The SMILES string of the molecule is CC(C)(C)OCC(CN1CCOCC1)NC(=O)CCC(NC(c1ccncc1)c1ccc(N)cc1O)C1CCCCC1. The Kier molecular flexibility index (Phi) is 12.0. The minimum Gasteiger partial charge on any atom is -0.508 e. The smallest absolute Gasteiger partial charge is 0.220 e. The standard InChI is InChI=1S/C33H51N5O4/c1-33(2,3)42-23-27(22-38-17-19-41-20-18-38)36-31(40)12-11-29(24-7-5-4-6-8-24)37-32(25-13-15-35-16-14-25)28-10-9-26(34)21-30(28)39/h9-10,13-16,21,24,27,29,32,37,39H,4-8,11-12,17-20,22-23,34H2,1-3H3,(H,36,40). The Labute approximate surface area is 251 Å². The number of morpholine rings is 1. The highest BCUT2D eigenvalue weighted by molar-refractivity contribution is 5.76. The molecule has 1 aromatic heterocycles. The Morgan fingerprint density at radius 3 is 2.52 bits per heavy atom. The number of nitrogens with two attached hydrogens (primary N) is 1. The highest BCUT2D eigenvalue weighted by Crippen LogP contribution is 2.35. The summed E-state index contributed by atoms with van der Waals surface area (Å²) in [5.41, 5.74) is 7.98. The number of carbonyl (C=O) groups excluding carboxylic acids is 1. The van der Waals surface area contributed by atoms with Gasteiger partial charge in [-0.15, -0.1) is 0 Å². The van der Waals surface area contributed by atoms with Gasteiger partial charge in [-0.25, -0.2) is 0 Å². The van der Waals surface area contributed by atoms with Crippen molar-refractivity contribution < 1.29 is 19.4 Å². The Bertz CT molecular complexity index is 1100. The monoisotopic (exact) mass is 581 g/mol. The minimum atomic E-state index is -0.278. The van der Waals surface area contributed by atoms with Crippen LogP contribution in [0.15, 0.2) is 42.7 Å². The zero-order valence-corrected chi connectivity index (χ0v) is 25.7. The van der Waals surface area contributed by atoms with Gasteiger partial charge in [0.25, 0.3) is 0 Å². The van der Waals surface area contributed by atoms with Crippen molar-refractivity contribution in [1.29, 1.82) is 0 Å². The molecule has 42 heavy (non-hydrogen) atoms. The van der Waals surface area contributed by atoms with E-state index in [2.05, 4.69) is 20.5 Å². The fraction of sp³-hybridized carbons (Fsp3) is 0.636. The molecule has 1 saturated heterocycles. The largest absolute Gasteiger partial charge is 0.508 e. The molecular formula is C33H51N5O4. The number of phenols is 1. The third kappa shape index (κ3) is 10.2. The predicted octanol–water partition coefficient (Wildman–Crippen LogP) is 4.41. The van der Waals surface area contributed by atoms with E-state index in [-0.39, 0.29) is 35.4 Å². The molecule has 0 spiro atoms. The van der Waals surface area contributed by atoms with Crippen LogP contribution in [0.25, 0.3) is 0 Å². The molecule has 1 aliphatic carbocycles. The molecule has 3 unspecified atom stereocenters. The van der Waals surface area contributed by atoms with Crippen LogP contribution in [0.2, 0.25) is 0 Å². The number of benzene rings is 1. The molecule has 1 amide bonds. The van der Waals surface area contributed by atoms with Crippen LogP contribution in [-0.4, -0.2) is 78.0 Å². The average Bonchev–Trinajstić information content (AvgIpc) is 2.98. The molecule has 3 atom stereocenters. The number of ether oxygens (including phenoxy) is 2. The molecule has 2 aromatic rings. The summed E-state index contributed by atoms with van der Waals surface area (Å²) in [7, 11) is 0. The zero-order valence-electron chi connectivity index (χ0n) is 25.7. The van der Waals surface area contributed by atoms with Gasteiger partial charge in [-0.1, -0.05) is 25.3 Å². The Hall–Kier alpha value is -2.72. The fourth-order valence-electron chi connectivity index (χ4n) is 6.10. The Morgan fingerprint density at radius 1 is 1.14 bits per heavy atom. The second-order valence-corrected chi connectivity index (χ2v) is 12.8. The average molecular weight is 582 g/mol. The number of rotatable bonds is 13. The first-order valence-corrected chi connectivity index (χ1v) is 15.7. The second-order valence-electron chi connectivity index (χ2n) is 12.8. The van der Waals surface area contributed by atoms with E-state index < -0.39 is 0 Å². The van der Waals surface area contributed by atoms with Crippen LogP contribution in [0.4, 0.5) is 5.69 Å². The molecule has 232 valence electrons. The van der Waals surface area contributed by atoms with Gasteiger partial charge in [0.2, 0.25) is 5.91 Å². The topological polar surface area (TPSA) is 122 Å². The van der Waals surface area contributed by atoms with Crippen LogP contribution in [0.5, 0.6) is 5.75 Å². The summed E-state index contributed by atoms with van der Waals surface area (Å²) in [4.78, 5) is 20.0. The first-order chi connectivity index (χ1) is 20.2. The maximum absolute atomic E-state index is 13.4. The summed E-state index contributed by atoms with van der Waals surface area (Å²) in [6.07, 6.45) is 10.6. The van der Waals surface area contributed by atoms with Crippen LogP contribution < -0.4 is 16.4 Å². The summed E-state index contributed by atoms with van der Waals surface area (Å²) in [5.74, 6) is 0.665. The molecule has 0 radical (unpaired) electrons. The van der Waals surface area contributed by atoms with Crippen molar-refractivity contribution in [3.63, 3.8) is 0 Å². The first-order valence-electron chi connectivity index (χ1n) is 15.7. The molecule has 9 heteroatoms. The van der Waals surface area contributed by atoms with E-state index >= 15 is 0 Å². The number of nitrogen functional groups attached to an aromatic ring is 1. The number of hydrogen-bond acceptors (Lipinski definition) is 8. The lowest BCUT2D eigenvalue weighted by Crippen LogP contribution is -2.50. The van der Waals surface area contributed by atoms with Gasteiger partial charge in [-0.05, 0) is 69.7 Å². The molecular weight excluding hydrogens is 530 g/mol. The number of aromatic hydroxyl groups is 1. The van der Waals surface area contributed by atoms with Crippen molar-refractivity contribution in [2.75, 3.05) is 45.2 Å². The van der Waals surface area contributed by atoms with Crippen molar-refractivity contribution in [1.82, 2.24) is 20.5 Å². The third-order valence-corrected chi connectivity index (χ3v) is 8.35. The van der Waals surface area contributed by atoms with Gasteiger partial charge in [-0.2, -0.15) is 0 Å². The molecule has 0 bridgehead atoms. The van der Waals surface area contributed by atoms with Crippen molar-refractivity contribution in [3.8, 4) is 5.75 Å². The first kappa shape index (κ1) is 32.2. The van der Waals surface area contributed by atoms with E-state index in [0.29, 0.717) is 31.1 Å². The van der Waals surface area contributed by atoms with Gasteiger partial charge < -0.3 is 30.9 Å². The van der Waals surface area contributed by atoms with Crippen LogP contribution in [-0.2, 0) is 14.3 Å². The number of carbonyl (C=O) groups is 1. The number of amides is 1. The number of nitrogens with zero attached hydrogens (tertiary/aromatic N) is 2. The van der Waals surface area contributed by atoms with Crippen molar-refractivity contribution in [2.24, 2.45) is 5.92 Å². The van der Waals surface area contributed by atoms with Gasteiger partial charge in [0, 0.05) is 61.8 Å². The quantitative estimate of drug-likeness (QED) is 0.257. The van der Waals surface area contributed by atoms with Gasteiger partial charge in [0.1, 0.15) is 5.75 Å². The lowest BCUT2D eigenvalue weighted by Gasteiger charge is -2.35. The summed E-state index contributed by atoms with van der Waals surface area (Å²) >= 11 is 0. The van der Waals surface area contributed by atoms with Gasteiger partial charge in [-0.3, -0.25) is 14.7 Å². The van der Waals surface area contributed by atoms with Crippen LogP contribution in [0.1, 0.15) is 82.9 Å². The van der Waals surface area contributed by atoms with Gasteiger partial charge in [0.05, 0.1) is 37.5 Å². The normalized spacial score (nSPS) is 19.2. The van der Waals surface area contributed by atoms with E-state index in [1.165, 1.54) is 19.3 Å². The van der Waals surface area contributed by atoms with Gasteiger partial charge >= 0.3 is 0 Å². The van der Waals surface area contributed by atoms with E-state index in [1.807, 2.05) is 45.0 Å². The molecule has 9 nitrogen and oxygen atoms in total. The summed E-state index contributed by atoms with van der Waals surface area (Å²) < 4.78 is 11.6. The van der Waals surface area contributed by atoms with Crippen molar-refractivity contribution in [3.05, 3.63) is 53.9 Å². The molecule has 1 aromatic carbocycles. The van der Waals surface area contributed by atoms with Crippen LogP contribution in [0, 0.1) is 5.92 Å². The maximum Gasteiger partial charge on any atom is 0.220 e. The number of nitrogens with one attached hydrogen (secondary N) is 2.